The molecule has 0 saturated carbocycles. The highest BCUT2D eigenvalue weighted by atomic mass is 32.2. The molecule has 7 heteroatoms. The second-order valence-electron chi connectivity index (χ2n) is 17.5. The first-order valence-electron chi connectivity index (χ1n) is 19.8. The average molecular weight is 740 g/mol. The first-order valence-corrected chi connectivity index (χ1v) is 20.3. The molecule has 1 aliphatic carbocycles. The molecule has 0 radical (unpaired) electrons. The number of rotatable bonds is 5. The molecular formula is C47H51N3O3S. The Labute approximate surface area is 324 Å². The SMILES string of the molecule is [2H]C1([2H])c2c(C)cc(C)cc2[C@@]2(C)N=C(c3cc(C(C)C)cc(S(=O)(=O)c4ccc5c(c4)N(c4cc(C(C)(C)C)ccn4)c4ccccc4C5(C)C)c3)O[C@@]12C. The lowest BCUT2D eigenvalue weighted by Gasteiger charge is -2.41. The van der Waals surface area contributed by atoms with Crippen LogP contribution in [0.15, 0.2) is 106 Å². The van der Waals surface area contributed by atoms with Gasteiger partial charge in [0.25, 0.3) is 0 Å². The van der Waals surface area contributed by atoms with Crippen LogP contribution in [-0.2, 0) is 37.3 Å². The Balaban J connectivity index is 1.28. The molecule has 0 saturated heterocycles. The maximum absolute atomic E-state index is 15.0. The number of pyridine rings is 1. The van der Waals surface area contributed by atoms with E-state index < -0.39 is 32.8 Å². The molecule has 2 aliphatic heterocycles. The summed E-state index contributed by atoms with van der Waals surface area (Å²) in [4.78, 5) is 12.4. The predicted molar refractivity (Wildman–Crippen MR) is 219 cm³/mol. The number of nitrogens with zero attached hydrogens (tertiary/aromatic N) is 3. The van der Waals surface area contributed by atoms with Crippen molar-refractivity contribution < 1.29 is 15.9 Å². The van der Waals surface area contributed by atoms with E-state index in [2.05, 4.69) is 57.7 Å². The van der Waals surface area contributed by atoms with Crippen LogP contribution in [-0.4, -0.2) is 24.9 Å². The van der Waals surface area contributed by atoms with Crippen LogP contribution >= 0.6 is 0 Å². The predicted octanol–water partition coefficient (Wildman–Crippen LogP) is 11.1. The maximum Gasteiger partial charge on any atom is 0.217 e. The van der Waals surface area contributed by atoms with E-state index in [1.807, 2.05) is 83.3 Å². The molecule has 5 aromatic rings. The third kappa shape index (κ3) is 5.37. The van der Waals surface area contributed by atoms with E-state index in [1.165, 1.54) is 0 Å². The van der Waals surface area contributed by atoms with E-state index in [-0.39, 0.29) is 27.0 Å². The zero-order valence-corrected chi connectivity index (χ0v) is 34.0. The standard InChI is InChI=1S/C47H51N3O3S/c1-28(2)31-22-32(43-49-47(11)39-21-29(3)20-30(4)36(39)27-46(47,10)53-43)24-35(23-31)54(51,52)34-16-17-38-41(26-34)50(40-15-13-12-14-37(40)45(38,8)9)42-25-33(18-19-48-42)44(5,6)7/h12-26,28H,27H2,1-11H3/t46-,47+/m0/s1/i27D2. The number of aliphatic imine (C=N–C) groups is 1. The maximum atomic E-state index is 15.0. The third-order valence-corrected chi connectivity index (χ3v) is 13.7. The second-order valence-corrected chi connectivity index (χ2v) is 19.5. The summed E-state index contributed by atoms with van der Waals surface area (Å²) in [5.41, 5.74) is 6.66. The summed E-state index contributed by atoms with van der Waals surface area (Å²) in [6.45, 7) is 22.6. The van der Waals surface area contributed by atoms with Crippen molar-refractivity contribution >= 4 is 32.9 Å². The van der Waals surface area contributed by atoms with Gasteiger partial charge in [0.1, 0.15) is 17.0 Å². The van der Waals surface area contributed by atoms with Crippen LogP contribution in [0.2, 0.25) is 0 Å². The molecule has 3 aliphatic rings. The quantitative estimate of drug-likeness (QED) is 0.179. The fourth-order valence-electron chi connectivity index (χ4n) is 8.46. The molecule has 2 atom stereocenters. The number of hydrogen-bond donors (Lipinski definition) is 0. The molecular weight excluding hydrogens is 687 g/mol. The van der Waals surface area contributed by atoms with Crippen molar-refractivity contribution in [2.24, 2.45) is 4.99 Å². The van der Waals surface area contributed by atoms with Crippen LogP contribution < -0.4 is 4.90 Å². The molecule has 0 unspecified atom stereocenters. The molecule has 54 heavy (non-hydrogen) atoms. The molecule has 1 aromatic heterocycles. The number of aryl methyl sites for hydroxylation is 2. The monoisotopic (exact) mass is 739 g/mol. The van der Waals surface area contributed by atoms with Crippen molar-refractivity contribution in [2.45, 2.75) is 120 Å². The number of aromatic nitrogens is 1. The third-order valence-electron chi connectivity index (χ3n) is 11.9. The van der Waals surface area contributed by atoms with Crippen LogP contribution in [0.25, 0.3) is 0 Å². The molecule has 4 aromatic carbocycles. The van der Waals surface area contributed by atoms with Crippen molar-refractivity contribution in [3.63, 3.8) is 0 Å². The second kappa shape index (κ2) is 11.9. The van der Waals surface area contributed by atoms with Crippen LogP contribution in [0.3, 0.4) is 0 Å². The zero-order valence-electron chi connectivity index (χ0n) is 35.2. The van der Waals surface area contributed by atoms with Crippen molar-refractivity contribution in [1.82, 2.24) is 4.98 Å². The van der Waals surface area contributed by atoms with Crippen LogP contribution in [0.1, 0.15) is 121 Å². The molecule has 6 nitrogen and oxygen atoms in total. The molecule has 0 fully saturated rings. The summed E-state index contributed by atoms with van der Waals surface area (Å²) in [6, 6.07) is 27.2. The number of sulfone groups is 1. The minimum Gasteiger partial charge on any atom is -0.468 e. The van der Waals surface area contributed by atoms with Crippen molar-refractivity contribution in [2.75, 3.05) is 4.90 Å². The summed E-state index contributed by atoms with van der Waals surface area (Å²) in [5, 5.41) is 0. The smallest absolute Gasteiger partial charge is 0.217 e. The van der Waals surface area contributed by atoms with Crippen molar-refractivity contribution in [1.29, 1.82) is 0 Å². The molecule has 0 amide bonds. The van der Waals surface area contributed by atoms with Crippen molar-refractivity contribution in [3.8, 4) is 0 Å². The van der Waals surface area contributed by atoms with Crippen LogP contribution in [0.5, 0.6) is 0 Å². The Morgan fingerprint density at radius 1 is 0.833 bits per heavy atom. The van der Waals surface area contributed by atoms with Gasteiger partial charge < -0.3 is 4.74 Å². The summed E-state index contributed by atoms with van der Waals surface area (Å²) < 4.78 is 55.4. The highest BCUT2D eigenvalue weighted by Crippen LogP contribution is 2.55. The Kier molecular flexibility index (Phi) is 7.43. The highest BCUT2D eigenvalue weighted by Gasteiger charge is 2.59. The fraction of sp³-hybridized carbons (Fsp3) is 0.362. The van der Waals surface area contributed by atoms with Gasteiger partial charge in [-0.3, -0.25) is 4.90 Å². The lowest BCUT2D eigenvalue weighted by Crippen LogP contribution is -2.41. The van der Waals surface area contributed by atoms with Crippen LogP contribution in [0.4, 0.5) is 17.2 Å². The van der Waals surface area contributed by atoms with E-state index in [4.69, 9.17) is 14.7 Å². The van der Waals surface area contributed by atoms with Gasteiger partial charge in [0.05, 0.1) is 21.2 Å². The van der Waals surface area contributed by atoms with Gasteiger partial charge in [-0.2, -0.15) is 0 Å². The fourth-order valence-corrected chi connectivity index (χ4v) is 9.82. The van der Waals surface area contributed by atoms with Gasteiger partial charge >= 0.3 is 0 Å². The van der Waals surface area contributed by atoms with Gasteiger partial charge in [-0.1, -0.05) is 90.4 Å². The molecule has 8 rings (SSSR count). The van der Waals surface area contributed by atoms with Gasteiger partial charge in [0, 0.05) is 26.3 Å². The molecule has 0 bridgehead atoms. The van der Waals surface area contributed by atoms with Gasteiger partial charge in [-0.15, -0.1) is 0 Å². The molecule has 0 spiro atoms. The Morgan fingerprint density at radius 3 is 2.28 bits per heavy atom. The van der Waals surface area contributed by atoms with Gasteiger partial charge in [0.2, 0.25) is 15.7 Å². The van der Waals surface area contributed by atoms with Gasteiger partial charge in [-0.25, -0.2) is 18.4 Å². The Bertz CT molecular complexity index is 2620. The lowest BCUT2D eigenvalue weighted by atomic mass is 9.73. The lowest BCUT2D eigenvalue weighted by molar-refractivity contribution is 0.0475. The summed E-state index contributed by atoms with van der Waals surface area (Å²) >= 11 is 0. The van der Waals surface area contributed by atoms with E-state index in [9.17, 15) is 11.2 Å². The van der Waals surface area contributed by atoms with E-state index in [0.717, 1.165) is 56.1 Å². The van der Waals surface area contributed by atoms with Gasteiger partial charge in [-0.05, 0) is 127 Å². The largest absolute Gasteiger partial charge is 0.468 e. The molecule has 3 heterocycles. The Hall–Kier alpha value is -4.75. The highest BCUT2D eigenvalue weighted by molar-refractivity contribution is 7.91. The van der Waals surface area contributed by atoms with Crippen LogP contribution in [0, 0.1) is 13.8 Å². The first kappa shape index (κ1) is 33.8. The number of ether oxygens (including phenoxy) is 1. The Morgan fingerprint density at radius 2 is 1.56 bits per heavy atom. The minimum atomic E-state index is -4.10. The average Bonchev–Trinajstić information content (AvgIpc) is 3.48. The number of para-hydroxylation sites is 1. The van der Waals surface area contributed by atoms with Crippen molar-refractivity contribution in [3.05, 3.63) is 141 Å². The topological polar surface area (TPSA) is 71.9 Å². The molecule has 278 valence electrons. The number of hydrogen-bond acceptors (Lipinski definition) is 6. The van der Waals surface area contributed by atoms with Gasteiger partial charge in [0.15, 0.2) is 0 Å². The minimum absolute atomic E-state index is 0.00784. The zero-order chi connectivity index (χ0) is 40.5. The summed E-state index contributed by atoms with van der Waals surface area (Å²) in [7, 11) is -4.10. The van der Waals surface area contributed by atoms with E-state index in [0.29, 0.717) is 11.1 Å². The normalized spacial score (nSPS) is 22.7. The molecule has 0 N–H and O–H groups in total. The summed E-state index contributed by atoms with van der Waals surface area (Å²) in [6.07, 6.45) is -0.0277. The number of fused-ring (bicyclic) bond motifs is 5. The number of anilines is 3. The first-order chi connectivity index (χ1) is 26.0. The van der Waals surface area contributed by atoms with E-state index >= 15 is 0 Å². The summed E-state index contributed by atoms with van der Waals surface area (Å²) in [5.74, 6) is 0.949. The number of benzene rings is 4. The van der Waals surface area contributed by atoms with E-state index in [1.54, 1.807) is 31.2 Å².